The van der Waals surface area contributed by atoms with Crippen molar-refractivity contribution in [1.82, 2.24) is 0 Å². The van der Waals surface area contributed by atoms with Crippen LogP contribution in [-0.4, -0.2) is 145 Å². The van der Waals surface area contributed by atoms with Crippen molar-refractivity contribution < 1.29 is 123 Å². The van der Waals surface area contributed by atoms with Crippen LogP contribution < -0.4 is 95.3 Å². The molecule has 0 saturated carbocycles. The minimum atomic E-state index is -0.246. The molecular weight excluding hydrogens is 1200 g/mol. The molecular formula is C58H80I2N2O14. The average molecular weight is 1280 g/mol. The number of carbonyl (C=O) groups excluding carboxylic acids is 2. The number of carbonyl (C=O) groups is 2. The van der Waals surface area contributed by atoms with Crippen LogP contribution >= 0.6 is 0 Å². The Labute approximate surface area is 484 Å². The van der Waals surface area contributed by atoms with Crippen molar-refractivity contribution in [3.8, 4) is 57.5 Å². The fourth-order valence-electron chi connectivity index (χ4n) is 10.8. The average Bonchev–Trinajstić information content (AvgIpc) is 3.42. The second kappa shape index (κ2) is 30.2. The lowest BCUT2D eigenvalue weighted by atomic mass is 9.86. The fraction of sp³-hybridized carbons (Fsp3) is 0.517. The fourth-order valence-corrected chi connectivity index (χ4v) is 10.8. The standard InChI is InChI=1S/C58H80N2O14.2HI/c1-59(25-21-41-35-47(63-3)49(65-5)37-43(41)45(59)29-39-31-51(67-7)57(71-11)52(32-39)68-8)23-17-27-73-55(61)19-15-13-14-16-20-56(62)74-28-18-24-60(2)26-22-42-36-48(64-4)50(66-6)38-44(42)46(60)30-40-33-53(69-9)58(72-12)54(34-40)70-10;;/h13-14,31-38,45-46H,15-30H2,1-12H3;2*1H/q+2;;/p-2/b14-13+;;/t45-,46-,59?,60?;;/m1../s1. The van der Waals surface area contributed by atoms with Gasteiger partial charge in [0.1, 0.15) is 12.1 Å². The molecule has 0 spiro atoms. The molecule has 420 valence electrons. The monoisotopic (exact) mass is 1280 g/mol. The van der Waals surface area contributed by atoms with Crippen LogP contribution in [0.4, 0.5) is 0 Å². The van der Waals surface area contributed by atoms with Crippen LogP contribution in [0.1, 0.15) is 84.0 Å². The summed E-state index contributed by atoms with van der Waals surface area (Å²) in [4.78, 5) is 25.7. The summed E-state index contributed by atoms with van der Waals surface area (Å²) in [5.41, 5.74) is 6.93. The number of rotatable bonds is 28. The van der Waals surface area contributed by atoms with E-state index in [1.54, 1.807) is 71.1 Å². The molecule has 0 saturated heterocycles. The molecule has 2 aliphatic rings. The van der Waals surface area contributed by atoms with Gasteiger partial charge in [0.05, 0.1) is 125 Å². The summed E-state index contributed by atoms with van der Waals surface area (Å²) in [5.74, 6) is 5.81. The van der Waals surface area contributed by atoms with E-state index >= 15 is 0 Å². The van der Waals surface area contributed by atoms with Gasteiger partial charge >= 0.3 is 11.9 Å². The highest BCUT2D eigenvalue weighted by Gasteiger charge is 2.42. The Bertz CT molecular complexity index is 2350. The number of benzene rings is 4. The van der Waals surface area contributed by atoms with Gasteiger partial charge in [-0.05, 0) is 83.6 Å². The van der Waals surface area contributed by atoms with Crippen LogP contribution in [0.3, 0.4) is 0 Å². The predicted octanol–water partition coefficient (Wildman–Crippen LogP) is 3.04. The smallest absolute Gasteiger partial charge is 0.306 e. The van der Waals surface area contributed by atoms with Gasteiger partial charge in [0.2, 0.25) is 11.5 Å². The number of methoxy groups -OCH3 is 10. The molecule has 0 radical (unpaired) electrons. The molecule has 0 N–H and O–H groups in total. The molecule has 0 fully saturated rings. The van der Waals surface area contributed by atoms with E-state index in [1.807, 2.05) is 36.4 Å². The Balaban J connectivity index is 0.00000624. The summed E-state index contributed by atoms with van der Waals surface area (Å²) >= 11 is 0. The van der Waals surface area contributed by atoms with E-state index in [9.17, 15) is 9.59 Å². The quantitative estimate of drug-likeness (QED) is 0.0270. The molecule has 2 heterocycles. The van der Waals surface area contributed by atoms with Gasteiger partial charge in [0, 0.05) is 62.5 Å². The highest BCUT2D eigenvalue weighted by atomic mass is 127. The molecule has 4 atom stereocenters. The van der Waals surface area contributed by atoms with Crippen molar-refractivity contribution in [2.24, 2.45) is 0 Å². The third-order valence-electron chi connectivity index (χ3n) is 15.0. The zero-order valence-electron chi connectivity index (χ0n) is 46.6. The van der Waals surface area contributed by atoms with Gasteiger partial charge in [0.15, 0.2) is 46.0 Å². The number of quaternary nitrogens is 2. The molecule has 0 aromatic heterocycles. The molecule has 16 nitrogen and oxygen atoms in total. The van der Waals surface area contributed by atoms with Gasteiger partial charge in [-0.2, -0.15) is 0 Å². The molecule has 6 rings (SSSR count). The van der Waals surface area contributed by atoms with Crippen LogP contribution in [-0.2, 0) is 44.7 Å². The third-order valence-corrected chi connectivity index (χ3v) is 15.0. The number of esters is 2. The number of allylic oxidation sites excluding steroid dienone is 2. The van der Waals surface area contributed by atoms with Gasteiger partial charge in [-0.3, -0.25) is 9.59 Å². The number of hydrogen-bond acceptors (Lipinski definition) is 14. The maximum atomic E-state index is 12.9. The number of halogens is 2. The normalized spacial score (nSPS) is 18.4. The Morgan fingerprint density at radius 1 is 0.461 bits per heavy atom. The third kappa shape index (κ3) is 15.4. The van der Waals surface area contributed by atoms with Gasteiger partial charge in [-0.1, -0.05) is 12.2 Å². The molecule has 4 aromatic carbocycles. The maximum absolute atomic E-state index is 12.9. The second-order valence-corrected chi connectivity index (χ2v) is 19.4. The SMILES string of the molecule is COc1cc2c(cc1OC)[C@@H](Cc1cc(OC)c(OC)c(OC)c1)[N+](C)(CCCOC(=O)CC/C=C/CCC(=O)OCCC[N+]1(C)CCc3cc(OC)c(OC)cc3[C@H]1Cc1cc(OC)c(OC)c(OC)c1)CC2.[I-].[I-]. The molecule has 0 aliphatic carbocycles. The van der Waals surface area contributed by atoms with Gasteiger partial charge in [-0.25, -0.2) is 0 Å². The van der Waals surface area contributed by atoms with Crippen molar-refractivity contribution in [3.63, 3.8) is 0 Å². The summed E-state index contributed by atoms with van der Waals surface area (Å²) in [6.07, 6.45) is 9.94. The van der Waals surface area contributed by atoms with E-state index in [0.29, 0.717) is 109 Å². The van der Waals surface area contributed by atoms with Gasteiger partial charge in [-0.15, -0.1) is 0 Å². The number of likely N-dealkylation sites (N-methyl/N-ethyl adjacent to an activating group) is 2. The Morgan fingerprint density at radius 3 is 1.08 bits per heavy atom. The Kier molecular flexibility index (Phi) is 25.2. The van der Waals surface area contributed by atoms with E-state index in [4.69, 9.17) is 56.8 Å². The second-order valence-electron chi connectivity index (χ2n) is 19.4. The summed E-state index contributed by atoms with van der Waals surface area (Å²) in [7, 11) is 20.9. The number of ether oxygens (including phenoxy) is 12. The lowest BCUT2D eigenvalue weighted by Gasteiger charge is -2.46. The van der Waals surface area contributed by atoms with E-state index in [0.717, 1.165) is 59.1 Å². The Hall–Kier alpha value is -5.06. The van der Waals surface area contributed by atoms with Crippen LogP contribution in [0.25, 0.3) is 0 Å². The zero-order chi connectivity index (χ0) is 53.4. The van der Waals surface area contributed by atoms with E-state index < -0.39 is 0 Å². The summed E-state index contributed by atoms with van der Waals surface area (Å²) in [6, 6.07) is 16.5. The maximum Gasteiger partial charge on any atom is 0.306 e. The summed E-state index contributed by atoms with van der Waals surface area (Å²) in [5, 5.41) is 0. The first-order chi connectivity index (χ1) is 35.7. The first kappa shape index (κ1) is 63.5. The largest absolute Gasteiger partial charge is 1.00 e. The highest BCUT2D eigenvalue weighted by molar-refractivity contribution is 5.70. The minimum absolute atomic E-state index is 0. The number of nitrogens with zero attached hydrogens (tertiary/aromatic N) is 2. The van der Waals surface area contributed by atoms with Crippen molar-refractivity contribution in [2.75, 3.05) is 125 Å². The van der Waals surface area contributed by atoms with Crippen molar-refractivity contribution in [2.45, 2.75) is 76.3 Å². The topological polar surface area (TPSA) is 145 Å². The molecule has 4 aromatic rings. The van der Waals surface area contributed by atoms with Gasteiger partial charge in [0.25, 0.3) is 0 Å². The summed E-state index contributed by atoms with van der Waals surface area (Å²) < 4.78 is 69.8. The zero-order valence-corrected chi connectivity index (χ0v) is 50.9. The lowest BCUT2D eigenvalue weighted by Crippen LogP contribution is -3.00. The van der Waals surface area contributed by atoms with E-state index in [2.05, 4.69) is 38.4 Å². The molecule has 18 heteroatoms. The van der Waals surface area contributed by atoms with Crippen molar-refractivity contribution in [3.05, 3.63) is 94.1 Å². The van der Waals surface area contributed by atoms with Crippen LogP contribution in [0.5, 0.6) is 57.5 Å². The molecule has 2 unspecified atom stereocenters. The molecule has 0 amide bonds. The first-order valence-corrected chi connectivity index (χ1v) is 25.5. The lowest BCUT2D eigenvalue weighted by molar-refractivity contribution is -0.941. The van der Waals surface area contributed by atoms with E-state index in [1.165, 1.54) is 22.3 Å². The van der Waals surface area contributed by atoms with Gasteiger partial charge < -0.3 is 114 Å². The molecule has 76 heavy (non-hydrogen) atoms. The summed E-state index contributed by atoms with van der Waals surface area (Å²) in [6.45, 7) is 4.02. The van der Waals surface area contributed by atoms with Crippen molar-refractivity contribution in [1.29, 1.82) is 0 Å². The van der Waals surface area contributed by atoms with Crippen molar-refractivity contribution >= 4 is 11.9 Å². The van der Waals surface area contributed by atoms with Crippen LogP contribution in [0.2, 0.25) is 0 Å². The number of fused-ring (bicyclic) bond motifs is 2. The van der Waals surface area contributed by atoms with Crippen LogP contribution in [0.15, 0.2) is 60.7 Å². The Morgan fingerprint density at radius 2 is 0.776 bits per heavy atom. The number of hydrogen-bond donors (Lipinski definition) is 0. The minimum Gasteiger partial charge on any atom is -1.00 e. The van der Waals surface area contributed by atoms with Crippen LogP contribution in [0, 0.1) is 0 Å². The molecule has 0 bridgehead atoms. The first-order valence-electron chi connectivity index (χ1n) is 25.5. The predicted molar refractivity (Wildman–Crippen MR) is 282 cm³/mol. The highest BCUT2D eigenvalue weighted by Crippen LogP contribution is 2.47. The van der Waals surface area contributed by atoms with E-state index in [-0.39, 0.29) is 84.8 Å². The molecule has 2 aliphatic heterocycles.